The van der Waals surface area contributed by atoms with Gasteiger partial charge in [0.1, 0.15) is 0 Å². The number of carbonyl (C=O) groups excluding carboxylic acids is 2. The van der Waals surface area contributed by atoms with Crippen molar-refractivity contribution in [1.82, 2.24) is 5.43 Å². The van der Waals surface area contributed by atoms with Gasteiger partial charge in [0, 0.05) is 24.6 Å². The minimum atomic E-state index is -0.301. The van der Waals surface area contributed by atoms with Gasteiger partial charge in [-0.05, 0) is 24.1 Å². The largest absolute Gasteiger partial charge is 0.303 e. The normalized spacial score (nSPS) is 17.5. The number of anilines is 1. The molecule has 1 heterocycles. The fraction of sp³-hybridized carbons (Fsp3) is 0.312. The van der Waals surface area contributed by atoms with Crippen LogP contribution in [0.25, 0.3) is 0 Å². The molecule has 116 valence electrons. The van der Waals surface area contributed by atoms with Crippen molar-refractivity contribution in [3.63, 3.8) is 0 Å². The van der Waals surface area contributed by atoms with Gasteiger partial charge < -0.3 is 4.90 Å². The van der Waals surface area contributed by atoms with Gasteiger partial charge in [0.25, 0.3) is 5.24 Å². The molecule has 1 aromatic rings. The second kappa shape index (κ2) is 7.26. The third-order valence-corrected chi connectivity index (χ3v) is 3.76. The standard InChI is InChI=1S/C16H19N3O2S/c1-3-4-9-19(16(21)22)13-7-5-12(6-8-13)15-11(2)10-14(20)17-18-15/h3,5-8,11H,1,4,9-10H2,2H3,(H,17,20)(H,21,22). The van der Waals surface area contributed by atoms with E-state index in [0.717, 1.165) is 17.0 Å². The Labute approximate surface area is 135 Å². The van der Waals surface area contributed by atoms with Crippen molar-refractivity contribution in [2.24, 2.45) is 11.0 Å². The van der Waals surface area contributed by atoms with E-state index in [0.29, 0.717) is 19.4 Å². The number of thiol groups is 1. The number of hydrogen-bond acceptors (Lipinski definition) is 3. The molecule has 0 aliphatic carbocycles. The highest BCUT2D eigenvalue weighted by Crippen LogP contribution is 2.21. The van der Waals surface area contributed by atoms with E-state index in [1.165, 1.54) is 0 Å². The summed E-state index contributed by atoms with van der Waals surface area (Å²) < 4.78 is 0. The molecule has 6 heteroatoms. The van der Waals surface area contributed by atoms with Crippen LogP contribution < -0.4 is 10.3 Å². The number of nitrogens with zero attached hydrogens (tertiary/aromatic N) is 2. The summed E-state index contributed by atoms with van der Waals surface area (Å²) in [5, 5.41) is 3.83. The van der Waals surface area contributed by atoms with Crippen LogP contribution in [0.1, 0.15) is 25.3 Å². The van der Waals surface area contributed by atoms with Gasteiger partial charge >= 0.3 is 0 Å². The van der Waals surface area contributed by atoms with Crippen LogP contribution in [-0.2, 0) is 4.79 Å². The van der Waals surface area contributed by atoms with Crippen LogP contribution in [0.2, 0.25) is 0 Å². The van der Waals surface area contributed by atoms with Crippen molar-refractivity contribution >= 4 is 35.2 Å². The van der Waals surface area contributed by atoms with E-state index in [2.05, 4.69) is 29.7 Å². The average molecular weight is 317 g/mol. The Morgan fingerprint density at radius 1 is 1.50 bits per heavy atom. The SMILES string of the molecule is C=CCCN(C(=O)S)c1ccc(C2=NNC(=O)CC2C)cc1. The molecule has 0 spiro atoms. The van der Waals surface area contributed by atoms with Gasteiger partial charge in [-0.2, -0.15) is 5.10 Å². The van der Waals surface area contributed by atoms with Crippen LogP contribution in [-0.4, -0.2) is 23.4 Å². The molecule has 0 bridgehead atoms. The van der Waals surface area contributed by atoms with Crippen molar-refractivity contribution in [2.45, 2.75) is 19.8 Å². The quantitative estimate of drug-likeness (QED) is 0.648. The molecule has 1 aliphatic heterocycles. The van der Waals surface area contributed by atoms with Crippen molar-refractivity contribution in [2.75, 3.05) is 11.4 Å². The first-order valence-electron chi connectivity index (χ1n) is 7.11. The lowest BCUT2D eigenvalue weighted by Gasteiger charge is -2.22. The molecule has 2 amide bonds. The molecular weight excluding hydrogens is 298 g/mol. The number of nitrogens with one attached hydrogen (secondary N) is 1. The summed E-state index contributed by atoms with van der Waals surface area (Å²) in [5.74, 6) is 0.00659. The Morgan fingerprint density at radius 3 is 2.73 bits per heavy atom. The summed E-state index contributed by atoms with van der Waals surface area (Å²) >= 11 is 3.91. The minimum Gasteiger partial charge on any atom is -0.303 e. The van der Waals surface area contributed by atoms with Crippen molar-refractivity contribution in [3.05, 3.63) is 42.5 Å². The van der Waals surface area contributed by atoms with Gasteiger partial charge in [-0.15, -0.1) is 6.58 Å². The van der Waals surface area contributed by atoms with Gasteiger partial charge in [-0.1, -0.05) is 37.8 Å². The zero-order chi connectivity index (χ0) is 16.1. The van der Waals surface area contributed by atoms with E-state index in [9.17, 15) is 9.59 Å². The van der Waals surface area contributed by atoms with E-state index in [4.69, 9.17) is 0 Å². The number of benzene rings is 1. The summed E-state index contributed by atoms with van der Waals surface area (Å²) in [6.07, 6.45) is 2.89. The first-order chi connectivity index (χ1) is 10.5. The predicted octanol–water partition coefficient (Wildman–Crippen LogP) is 2.98. The van der Waals surface area contributed by atoms with Crippen molar-refractivity contribution in [1.29, 1.82) is 0 Å². The monoisotopic (exact) mass is 317 g/mol. The maximum atomic E-state index is 11.6. The van der Waals surface area contributed by atoms with Gasteiger partial charge in [0.2, 0.25) is 5.91 Å². The highest BCUT2D eigenvalue weighted by Gasteiger charge is 2.21. The van der Waals surface area contributed by atoms with Crippen LogP contribution >= 0.6 is 12.6 Å². The third kappa shape index (κ3) is 3.76. The Morgan fingerprint density at radius 2 is 2.18 bits per heavy atom. The topological polar surface area (TPSA) is 61.8 Å². The zero-order valence-electron chi connectivity index (χ0n) is 12.5. The molecule has 1 aliphatic rings. The van der Waals surface area contributed by atoms with E-state index in [-0.39, 0.29) is 17.1 Å². The second-order valence-corrected chi connectivity index (χ2v) is 5.58. The van der Waals surface area contributed by atoms with Crippen LogP contribution in [0.3, 0.4) is 0 Å². The number of hydrazone groups is 1. The summed E-state index contributed by atoms with van der Waals surface area (Å²) in [7, 11) is 0. The number of amides is 2. The van der Waals surface area contributed by atoms with Crippen LogP contribution in [0.4, 0.5) is 10.5 Å². The molecule has 1 atom stereocenters. The first-order valence-corrected chi connectivity index (χ1v) is 7.56. The van der Waals surface area contributed by atoms with Crippen LogP contribution in [0, 0.1) is 5.92 Å². The molecule has 1 N–H and O–H groups in total. The van der Waals surface area contributed by atoms with E-state index in [1.54, 1.807) is 11.0 Å². The molecular formula is C16H19N3O2S. The summed E-state index contributed by atoms with van der Waals surface area (Å²) in [4.78, 5) is 24.5. The highest BCUT2D eigenvalue weighted by atomic mass is 32.1. The second-order valence-electron chi connectivity index (χ2n) is 5.20. The van der Waals surface area contributed by atoms with E-state index in [1.807, 2.05) is 31.2 Å². The lowest BCUT2D eigenvalue weighted by molar-refractivity contribution is -0.121. The molecule has 1 unspecified atom stereocenters. The molecule has 5 nitrogen and oxygen atoms in total. The maximum Gasteiger partial charge on any atom is 0.282 e. The van der Waals surface area contributed by atoms with Gasteiger partial charge in [-0.3, -0.25) is 9.59 Å². The van der Waals surface area contributed by atoms with E-state index >= 15 is 0 Å². The molecule has 22 heavy (non-hydrogen) atoms. The molecule has 0 radical (unpaired) electrons. The molecule has 1 aromatic carbocycles. The molecule has 2 rings (SSSR count). The Hall–Kier alpha value is -2.08. The maximum absolute atomic E-state index is 11.6. The number of rotatable bonds is 5. The van der Waals surface area contributed by atoms with Crippen LogP contribution in [0.5, 0.6) is 0 Å². The van der Waals surface area contributed by atoms with Crippen LogP contribution in [0.15, 0.2) is 42.0 Å². The number of carbonyl (C=O) groups is 2. The Bertz CT molecular complexity index is 610. The molecule has 0 aromatic heterocycles. The third-order valence-electron chi connectivity index (χ3n) is 3.52. The van der Waals surface area contributed by atoms with Gasteiger partial charge in [0.15, 0.2) is 0 Å². The average Bonchev–Trinajstić information content (AvgIpc) is 2.48. The van der Waals surface area contributed by atoms with Gasteiger partial charge in [0.05, 0.1) is 5.71 Å². The van der Waals surface area contributed by atoms with Gasteiger partial charge in [-0.25, -0.2) is 5.43 Å². The zero-order valence-corrected chi connectivity index (χ0v) is 13.3. The minimum absolute atomic E-state index is 0.0656. The predicted molar refractivity (Wildman–Crippen MR) is 91.4 cm³/mol. The lowest BCUT2D eigenvalue weighted by atomic mass is 9.94. The van der Waals surface area contributed by atoms with E-state index < -0.39 is 0 Å². The lowest BCUT2D eigenvalue weighted by Crippen LogP contribution is -2.32. The fourth-order valence-electron chi connectivity index (χ4n) is 2.37. The summed E-state index contributed by atoms with van der Waals surface area (Å²) in [6, 6.07) is 7.52. The smallest absolute Gasteiger partial charge is 0.282 e. The highest BCUT2D eigenvalue weighted by molar-refractivity contribution is 7.96. The summed E-state index contributed by atoms with van der Waals surface area (Å²) in [6.45, 7) is 6.17. The Balaban J connectivity index is 2.20. The number of hydrogen-bond donors (Lipinski definition) is 2. The molecule has 0 saturated carbocycles. The summed E-state index contributed by atoms with van der Waals surface area (Å²) in [5.41, 5.74) is 5.07. The molecule has 0 fully saturated rings. The molecule has 0 saturated heterocycles. The fourth-order valence-corrected chi connectivity index (χ4v) is 2.59. The van der Waals surface area contributed by atoms with Crippen molar-refractivity contribution < 1.29 is 9.59 Å². The van der Waals surface area contributed by atoms with Crippen molar-refractivity contribution in [3.8, 4) is 0 Å². The first kappa shape index (κ1) is 16.3. The Kier molecular flexibility index (Phi) is 5.38.